The molecule has 1 unspecified atom stereocenters. The minimum Gasteiger partial charge on any atom is -0.497 e. The quantitative estimate of drug-likeness (QED) is 0.901. The summed E-state index contributed by atoms with van der Waals surface area (Å²) in [5.74, 6) is 0.975. The van der Waals surface area contributed by atoms with Crippen molar-refractivity contribution in [1.29, 1.82) is 0 Å². The molecule has 1 aromatic carbocycles. The normalized spacial score (nSPS) is 20.0. The molecule has 1 aromatic rings. The Morgan fingerprint density at radius 2 is 1.79 bits per heavy atom. The van der Waals surface area contributed by atoms with Crippen LogP contribution < -0.4 is 14.8 Å². The maximum Gasteiger partial charge on any atom is 0.182 e. The van der Waals surface area contributed by atoms with Crippen molar-refractivity contribution >= 4 is 9.84 Å². The second-order valence-corrected chi connectivity index (χ2v) is 6.79. The summed E-state index contributed by atoms with van der Waals surface area (Å²) in [5.41, 5.74) is 0. The molecule has 1 aliphatic rings. The van der Waals surface area contributed by atoms with Gasteiger partial charge in [0.25, 0.3) is 0 Å². The third-order valence-electron chi connectivity index (χ3n) is 3.34. The predicted molar refractivity (Wildman–Crippen MR) is 72.6 cm³/mol. The smallest absolute Gasteiger partial charge is 0.182 e. The molecule has 2 rings (SSSR count). The van der Waals surface area contributed by atoms with Crippen LogP contribution in [0.5, 0.6) is 11.5 Å². The highest BCUT2D eigenvalue weighted by molar-refractivity contribution is 7.92. The molecule has 0 aromatic heterocycles. The van der Waals surface area contributed by atoms with Crippen LogP contribution in [0.3, 0.4) is 0 Å². The molecule has 1 fully saturated rings. The zero-order valence-corrected chi connectivity index (χ0v) is 12.0. The van der Waals surface area contributed by atoms with Crippen LogP contribution in [-0.2, 0) is 9.84 Å². The van der Waals surface area contributed by atoms with E-state index in [9.17, 15) is 8.42 Å². The summed E-state index contributed by atoms with van der Waals surface area (Å²) in [6.45, 7) is 1.38. The first kappa shape index (κ1) is 14.1. The van der Waals surface area contributed by atoms with Crippen LogP contribution in [0.2, 0.25) is 0 Å². The minimum absolute atomic E-state index is 0.261. The van der Waals surface area contributed by atoms with E-state index in [0.717, 1.165) is 13.0 Å². The highest BCUT2D eigenvalue weighted by Crippen LogP contribution is 2.29. The van der Waals surface area contributed by atoms with Gasteiger partial charge in [-0.25, -0.2) is 8.42 Å². The molecule has 1 heterocycles. The average Bonchev–Trinajstić information content (AvgIpc) is 2.47. The van der Waals surface area contributed by atoms with Gasteiger partial charge >= 0.3 is 0 Å². The first-order valence-electron chi connectivity index (χ1n) is 6.25. The maximum atomic E-state index is 12.6. The number of nitrogens with one attached hydrogen (secondary N) is 1. The number of ether oxygens (including phenoxy) is 2. The zero-order valence-electron chi connectivity index (χ0n) is 11.2. The molecule has 0 radical (unpaired) electrons. The molecule has 106 valence electrons. The van der Waals surface area contributed by atoms with Gasteiger partial charge in [0.15, 0.2) is 9.84 Å². The molecule has 1 N–H and O–H groups in total. The molecule has 19 heavy (non-hydrogen) atoms. The van der Waals surface area contributed by atoms with Gasteiger partial charge in [-0.3, -0.25) is 0 Å². The highest BCUT2D eigenvalue weighted by Gasteiger charge is 2.29. The van der Waals surface area contributed by atoms with Crippen molar-refractivity contribution in [3.05, 3.63) is 18.2 Å². The Bertz CT molecular complexity index is 513. The zero-order chi connectivity index (χ0) is 13.9. The van der Waals surface area contributed by atoms with E-state index in [2.05, 4.69) is 5.32 Å². The van der Waals surface area contributed by atoms with Crippen LogP contribution in [0.1, 0.15) is 12.8 Å². The lowest BCUT2D eigenvalue weighted by atomic mass is 10.2. The Morgan fingerprint density at radius 1 is 1.16 bits per heavy atom. The summed E-state index contributed by atoms with van der Waals surface area (Å²) >= 11 is 0. The van der Waals surface area contributed by atoms with E-state index in [1.54, 1.807) is 18.2 Å². The lowest BCUT2D eigenvalue weighted by molar-refractivity contribution is 0.391. The van der Waals surface area contributed by atoms with E-state index in [1.807, 2.05) is 0 Å². The number of piperidine rings is 1. The minimum atomic E-state index is -3.35. The monoisotopic (exact) mass is 285 g/mol. The number of hydrogen-bond donors (Lipinski definition) is 1. The van der Waals surface area contributed by atoms with Crippen LogP contribution in [0.4, 0.5) is 0 Å². The molecular weight excluding hydrogens is 266 g/mol. The highest BCUT2D eigenvalue weighted by atomic mass is 32.2. The van der Waals surface area contributed by atoms with Gasteiger partial charge in [0, 0.05) is 12.6 Å². The predicted octanol–water partition coefficient (Wildman–Crippen LogP) is 1.23. The number of rotatable bonds is 4. The lowest BCUT2D eigenvalue weighted by Crippen LogP contribution is -2.38. The molecule has 1 aliphatic heterocycles. The fourth-order valence-electron chi connectivity index (χ4n) is 2.22. The molecule has 0 bridgehead atoms. The number of hydrogen-bond acceptors (Lipinski definition) is 5. The molecule has 5 nitrogen and oxygen atoms in total. The maximum absolute atomic E-state index is 12.6. The molecule has 1 atom stereocenters. The first-order valence-corrected chi connectivity index (χ1v) is 7.80. The summed E-state index contributed by atoms with van der Waals surface area (Å²) in [5, 5.41) is 2.75. The topological polar surface area (TPSA) is 64.6 Å². The number of benzene rings is 1. The second-order valence-electron chi connectivity index (χ2n) is 4.56. The van der Waals surface area contributed by atoms with Crippen LogP contribution in [-0.4, -0.2) is 41.0 Å². The summed E-state index contributed by atoms with van der Waals surface area (Å²) in [4.78, 5) is 0.261. The fraction of sp³-hybridized carbons (Fsp3) is 0.538. The third-order valence-corrected chi connectivity index (χ3v) is 5.52. The molecule has 0 saturated carbocycles. The van der Waals surface area contributed by atoms with Crippen LogP contribution in [0.15, 0.2) is 23.1 Å². The van der Waals surface area contributed by atoms with Crippen molar-refractivity contribution in [2.24, 2.45) is 0 Å². The van der Waals surface area contributed by atoms with Crippen LogP contribution in [0, 0.1) is 0 Å². The van der Waals surface area contributed by atoms with Crippen molar-refractivity contribution in [2.45, 2.75) is 23.0 Å². The standard InChI is InChI=1S/C13H19NO4S/c1-17-10-6-11(18-2)8-13(7-10)19(15,16)12-4-3-5-14-9-12/h6-8,12,14H,3-5,9H2,1-2H3. The molecule has 0 spiro atoms. The van der Waals surface area contributed by atoms with E-state index < -0.39 is 9.84 Å². The van der Waals surface area contributed by atoms with E-state index >= 15 is 0 Å². The van der Waals surface area contributed by atoms with Crippen molar-refractivity contribution in [3.63, 3.8) is 0 Å². The number of sulfone groups is 1. The van der Waals surface area contributed by atoms with E-state index in [1.165, 1.54) is 14.2 Å². The lowest BCUT2D eigenvalue weighted by Gasteiger charge is -2.23. The Hall–Kier alpha value is -1.27. The van der Waals surface area contributed by atoms with Gasteiger partial charge in [-0.2, -0.15) is 0 Å². The Balaban J connectivity index is 2.38. The molecule has 6 heteroatoms. The van der Waals surface area contributed by atoms with Crippen LogP contribution >= 0.6 is 0 Å². The Morgan fingerprint density at radius 3 is 2.26 bits per heavy atom. The fourth-order valence-corrected chi connectivity index (χ4v) is 3.98. The van der Waals surface area contributed by atoms with Gasteiger partial charge in [-0.1, -0.05) is 0 Å². The second kappa shape index (κ2) is 5.79. The van der Waals surface area contributed by atoms with E-state index in [0.29, 0.717) is 24.5 Å². The van der Waals surface area contributed by atoms with Gasteiger partial charge in [-0.05, 0) is 31.5 Å². The summed E-state index contributed by atoms with van der Waals surface area (Å²) in [6, 6.07) is 4.76. The van der Waals surface area contributed by atoms with Crippen molar-refractivity contribution in [3.8, 4) is 11.5 Å². The van der Waals surface area contributed by atoms with E-state index in [-0.39, 0.29) is 10.1 Å². The molecule has 0 amide bonds. The molecular formula is C13H19NO4S. The summed E-state index contributed by atoms with van der Waals surface area (Å²) < 4.78 is 35.4. The van der Waals surface area contributed by atoms with Gasteiger partial charge in [0.05, 0.1) is 24.4 Å². The Kier molecular flexibility index (Phi) is 4.31. The van der Waals surface area contributed by atoms with Crippen molar-refractivity contribution in [1.82, 2.24) is 5.32 Å². The van der Waals surface area contributed by atoms with Crippen molar-refractivity contribution in [2.75, 3.05) is 27.3 Å². The average molecular weight is 285 g/mol. The van der Waals surface area contributed by atoms with Gasteiger partial charge in [0.2, 0.25) is 0 Å². The SMILES string of the molecule is COc1cc(OC)cc(S(=O)(=O)C2CCCNC2)c1. The van der Waals surface area contributed by atoms with E-state index in [4.69, 9.17) is 9.47 Å². The van der Waals surface area contributed by atoms with Crippen LogP contribution in [0.25, 0.3) is 0 Å². The number of methoxy groups -OCH3 is 2. The third kappa shape index (κ3) is 3.01. The van der Waals surface area contributed by atoms with Gasteiger partial charge < -0.3 is 14.8 Å². The first-order chi connectivity index (χ1) is 9.07. The van der Waals surface area contributed by atoms with Gasteiger partial charge in [0.1, 0.15) is 11.5 Å². The Labute approximate surface area is 113 Å². The van der Waals surface area contributed by atoms with Crippen molar-refractivity contribution < 1.29 is 17.9 Å². The summed E-state index contributed by atoms with van der Waals surface area (Å²) in [6.07, 6.45) is 1.57. The molecule has 1 saturated heterocycles. The molecule has 0 aliphatic carbocycles. The summed E-state index contributed by atoms with van der Waals surface area (Å²) in [7, 11) is -0.335. The largest absolute Gasteiger partial charge is 0.497 e. The van der Waals surface area contributed by atoms with Gasteiger partial charge in [-0.15, -0.1) is 0 Å².